The molecule has 3 nitrogen and oxygen atoms in total. The molecule has 0 aliphatic carbocycles. The van der Waals surface area contributed by atoms with Crippen LogP contribution < -0.4 is 5.32 Å². The predicted octanol–water partition coefficient (Wildman–Crippen LogP) is 4.13. The monoisotopic (exact) mass is 304 g/mol. The van der Waals surface area contributed by atoms with Gasteiger partial charge in [0.15, 0.2) is 0 Å². The fourth-order valence-electron chi connectivity index (χ4n) is 1.66. The topological polar surface area (TPSA) is 52.9 Å². The third-order valence-corrected chi connectivity index (χ3v) is 3.31. The zero-order valence-corrected chi connectivity index (χ0v) is 11.5. The van der Waals surface area contributed by atoms with Gasteiger partial charge in [0.1, 0.15) is 0 Å². The number of thioether (sulfide) groups is 1. The van der Waals surface area contributed by atoms with E-state index in [2.05, 4.69) is 5.32 Å². The normalized spacial score (nSPS) is 10.2. The average molecular weight is 304 g/mol. The zero-order valence-electron chi connectivity index (χ0n) is 10.7. The second-order valence-electron chi connectivity index (χ2n) is 4.05. The van der Waals surface area contributed by atoms with E-state index in [0.717, 1.165) is 0 Å². The molecule has 2 rings (SSSR count). The molecule has 21 heavy (non-hydrogen) atoms. The van der Waals surface area contributed by atoms with Gasteiger partial charge in [-0.15, -0.1) is 0 Å². The lowest BCUT2D eigenvalue weighted by Gasteiger charge is -2.06. The Balaban J connectivity index is 2.08. The lowest BCUT2D eigenvalue weighted by atomic mass is 10.2. The summed E-state index contributed by atoms with van der Waals surface area (Å²) in [6.07, 6.45) is 0. The Kier molecular flexibility index (Phi) is 4.90. The number of carbonyl (C=O) groups is 1. The van der Waals surface area contributed by atoms with E-state index in [9.17, 15) is 13.6 Å². The molecular weight excluding hydrogens is 294 g/mol. The van der Waals surface area contributed by atoms with Gasteiger partial charge in [0.25, 0.3) is 11.7 Å². The first kappa shape index (κ1) is 15.0. The summed E-state index contributed by atoms with van der Waals surface area (Å²) in [4.78, 5) is 12.4. The fraction of sp³-hybridized carbons (Fsp3) is 0.0667. The number of nitrogens with zero attached hydrogens (tertiary/aromatic N) is 1. The first-order valence-corrected chi connectivity index (χ1v) is 6.83. The van der Waals surface area contributed by atoms with Crippen LogP contribution >= 0.6 is 11.8 Å². The zero-order chi connectivity index (χ0) is 15.2. The maximum Gasteiger partial charge on any atom is 0.288 e. The van der Waals surface area contributed by atoms with E-state index >= 15 is 0 Å². The van der Waals surface area contributed by atoms with E-state index in [-0.39, 0.29) is 5.91 Å². The van der Waals surface area contributed by atoms with Gasteiger partial charge in [-0.1, -0.05) is 17.8 Å². The summed E-state index contributed by atoms with van der Waals surface area (Å²) in [6, 6.07) is 14.4. The van der Waals surface area contributed by atoms with Crippen LogP contribution in [0.4, 0.5) is 14.5 Å². The molecule has 0 aromatic heterocycles. The number of alkyl halides is 2. The van der Waals surface area contributed by atoms with E-state index in [1.165, 1.54) is 24.3 Å². The van der Waals surface area contributed by atoms with Crippen LogP contribution in [0.15, 0.2) is 53.4 Å². The number of halogens is 2. The minimum absolute atomic E-state index is 0.357. The van der Waals surface area contributed by atoms with Crippen LogP contribution in [-0.4, -0.2) is 11.7 Å². The van der Waals surface area contributed by atoms with E-state index in [4.69, 9.17) is 5.26 Å². The van der Waals surface area contributed by atoms with Crippen molar-refractivity contribution in [3.63, 3.8) is 0 Å². The molecule has 2 aromatic rings. The quantitative estimate of drug-likeness (QED) is 0.864. The van der Waals surface area contributed by atoms with Gasteiger partial charge in [-0.25, -0.2) is 0 Å². The number of nitriles is 1. The molecule has 0 heterocycles. The molecule has 0 unspecified atom stereocenters. The first-order valence-electron chi connectivity index (χ1n) is 5.95. The number of nitrogens with one attached hydrogen (secondary N) is 1. The van der Waals surface area contributed by atoms with Crippen LogP contribution in [0.5, 0.6) is 0 Å². The van der Waals surface area contributed by atoms with Crippen molar-refractivity contribution in [1.82, 2.24) is 0 Å². The highest BCUT2D eigenvalue weighted by molar-refractivity contribution is 7.99. The van der Waals surface area contributed by atoms with Gasteiger partial charge in [-0.2, -0.15) is 14.0 Å². The van der Waals surface area contributed by atoms with Crippen molar-refractivity contribution in [1.29, 1.82) is 5.26 Å². The van der Waals surface area contributed by atoms with Crippen molar-refractivity contribution >= 4 is 23.4 Å². The van der Waals surface area contributed by atoms with Crippen molar-refractivity contribution in [2.45, 2.75) is 10.7 Å². The van der Waals surface area contributed by atoms with Gasteiger partial charge in [0.2, 0.25) is 0 Å². The summed E-state index contributed by atoms with van der Waals surface area (Å²) in [5, 5.41) is 11.4. The number of amides is 1. The molecule has 0 aliphatic heterocycles. The maximum absolute atomic E-state index is 12.2. The molecule has 0 fully saturated rings. The Morgan fingerprint density at radius 3 is 2.52 bits per heavy atom. The van der Waals surface area contributed by atoms with Crippen LogP contribution in [0.25, 0.3) is 0 Å². The van der Waals surface area contributed by atoms with Gasteiger partial charge in [0.05, 0.1) is 11.6 Å². The molecule has 0 atom stereocenters. The number of carbonyl (C=O) groups excluding carboxylic acids is 1. The van der Waals surface area contributed by atoms with Crippen LogP contribution in [0, 0.1) is 11.3 Å². The van der Waals surface area contributed by atoms with Gasteiger partial charge >= 0.3 is 0 Å². The van der Waals surface area contributed by atoms with Crippen molar-refractivity contribution in [3.8, 4) is 6.07 Å². The summed E-state index contributed by atoms with van der Waals surface area (Å²) in [5.74, 6) is -2.85. The van der Waals surface area contributed by atoms with E-state index < -0.39 is 5.76 Å². The van der Waals surface area contributed by atoms with Gasteiger partial charge in [-0.05, 0) is 42.5 Å². The highest BCUT2D eigenvalue weighted by atomic mass is 32.2. The van der Waals surface area contributed by atoms with Crippen molar-refractivity contribution < 1.29 is 13.6 Å². The molecular formula is C15H10F2N2OS. The number of hydrogen-bond donors (Lipinski definition) is 1. The molecule has 106 valence electrons. The standard InChI is InChI=1S/C15H10F2N2OS/c16-15(17)21-13-6-4-11(5-7-13)14(20)19-12-3-1-2-10(8-12)9-18/h1-8,15H,(H,19,20). The summed E-state index contributed by atoms with van der Waals surface area (Å²) in [5.41, 5.74) is 1.30. The molecule has 2 aromatic carbocycles. The Bertz CT molecular complexity index is 681. The smallest absolute Gasteiger partial charge is 0.288 e. The van der Waals surface area contributed by atoms with Gasteiger partial charge < -0.3 is 5.32 Å². The van der Waals surface area contributed by atoms with E-state index in [1.807, 2.05) is 6.07 Å². The number of benzene rings is 2. The van der Waals surface area contributed by atoms with E-state index in [0.29, 0.717) is 33.5 Å². The van der Waals surface area contributed by atoms with Gasteiger partial charge in [0, 0.05) is 16.1 Å². The number of hydrogen-bond acceptors (Lipinski definition) is 3. The molecule has 0 saturated carbocycles. The maximum atomic E-state index is 12.2. The largest absolute Gasteiger partial charge is 0.322 e. The number of anilines is 1. The molecule has 1 amide bonds. The lowest BCUT2D eigenvalue weighted by molar-refractivity contribution is 0.102. The Morgan fingerprint density at radius 1 is 1.19 bits per heavy atom. The fourth-order valence-corrected chi connectivity index (χ4v) is 2.16. The molecule has 0 saturated heterocycles. The minimum Gasteiger partial charge on any atom is -0.322 e. The summed E-state index contributed by atoms with van der Waals surface area (Å²) < 4.78 is 24.4. The van der Waals surface area contributed by atoms with Crippen molar-refractivity contribution in [3.05, 3.63) is 59.7 Å². The Labute approximate surface area is 124 Å². The SMILES string of the molecule is N#Cc1cccc(NC(=O)c2ccc(SC(F)F)cc2)c1. The summed E-state index contributed by atoms with van der Waals surface area (Å²) >= 11 is 0.427. The molecule has 0 aliphatic rings. The third-order valence-electron chi connectivity index (χ3n) is 2.59. The number of rotatable bonds is 4. The summed E-state index contributed by atoms with van der Waals surface area (Å²) in [7, 11) is 0. The molecule has 0 radical (unpaired) electrons. The van der Waals surface area contributed by atoms with Crippen LogP contribution in [-0.2, 0) is 0 Å². The molecule has 6 heteroatoms. The first-order chi connectivity index (χ1) is 10.1. The third kappa shape index (κ3) is 4.29. The lowest BCUT2D eigenvalue weighted by Crippen LogP contribution is -2.11. The Morgan fingerprint density at radius 2 is 1.90 bits per heavy atom. The highest BCUT2D eigenvalue weighted by Crippen LogP contribution is 2.25. The highest BCUT2D eigenvalue weighted by Gasteiger charge is 2.09. The van der Waals surface area contributed by atoms with E-state index in [1.54, 1.807) is 24.3 Å². The van der Waals surface area contributed by atoms with Gasteiger partial charge in [-0.3, -0.25) is 4.79 Å². The Hall–Kier alpha value is -2.39. The molecule has 0 spiro atoms. The minimum atomic E-state index is -2.49. The van der Waals surface area contributed by atoms with Crippen molar-refractivity contribution in [2.75, 3.05) is 5.32 Å². The molecule has 0 bridgehead atoms. The second-order valence-corrected chi connectivity index (χ2v) is 5.11. The summed E-state index contributed by atoms with van der Waals surface area (Å²) in [6.45, 7) is 0. The van der Waals surface area contributed by atoms with Crippen LogP contribution in [0.3, 0.4) is 0 Å². The predicted molar refractivity (Wildman–Crippen MR) is 77.4 cm³/mol. The van der Waals surface area contributed by atoms with Crippen LogP contribution in [0.2, 0.25) is 0 Å². The molecule has 1 N–H and O–H groups in total. The van der Waals surface area contributed by atoms with Crippen molar-refractivity contribution in [2.24, 2.45) is 0 Å². The second kappa shape index (κ2) is 6.86. The average Bonchev–Trinajstić information content (AvgIpc) is 2.47. The van der Waals surface area contributed by atoms with Crippen LogP contribution in [0.1, 0.15) is 15.9 Å².